The summed E-state index contributed by atoms with van der Waals surface area (Å²) < 4.78 is 34.7. The van der Waals surface area contributed by atoms with Gasteiger partial charge in [0.1, 0.15) is 0 Å². The van der Waals surface area contributed by atoms with Crippen molar-refractivity contribution in [1.82, 2.24) is 19.1 Å². The van der Waals surface area contributed by atoms with Crippen LogP contribution in [-0.4, -0.2) is 60.0 Å². The van der Waals surface area contributed by atoms with Crippen LogP contribution in [0.3, 0.4) is 0 Å². The molecule has 0 radical (unpaired) electrons. The molecule has 1 atom stereocenters. The van der Waals surface area contributed by atoms with E-state index in [1.165, 1.54) is 16.1 Å². The van der Waals surface area contributed by atoms with E-state index in [0.717, 1.165) is 17.1 Å². The van der Waals surface area contributed by atoms with Crippen LogP contribution in [0.15, 0.2) is 34.3 Å². The Bertz CT molecular complexity index is 861. The van der Waals surface area contributed by atoms with Crippen LogP contribution in [0.4, 0.5) is 0 Å². The van der Waals surface area contributed by atoms with Gasteiger partial charge in [0.05, 0.1) is 18.1 Å². The normalized spacial score (nSPS) is 17.3. The molecule has 26 heavy (non-hydrogen) atoms. The van der Waals surface area contributed by atoms with Crippen LogP contribution in [0.5, 0.6) is 0 Å². The molecular formula is C17H24N4O3S2. The van der Waals surface area contributed by atoms with E-state index in [1.807, 2.05) is 12.3 Å². The monoisotopic (exact) mass is 396 g/mol. The summed E-state index contributed by atoms with van der Waals surface area (Å²) in [4.78, 5) is 0.279. The lowest BCUT2D eigenvalue weighted by atomic mass is 10.2. The molecule has 0 amide bonds. The number of sulfonamides is 1. The van der Waals surface area contributed by atoms with E-state index in [2.05, 4.69) is 28.6 Å². The van der Waals surface area contributed by atoms with Crippen molar-refractivity contribution in [2.24, 2.45) is 0 Å². The standard InChI is InChI=1S/C17H24N4O3S2/c1-4-13(2)21-16(18-19-17(21)25-3)14-6-5-7-15(12-14)26(22,23)20-8-10-24-11-9-20/h5-7,12-13H,4,8-11H2,1-3H3/t13-/m0/s1. The molecule has 1 saturated heterocycles. The Kier molecular flexibility index (Phi) is 6.01. The van der Waals surface area contributed by atoms with E-state index < -0.39 is 10.0 Å². The number of benzene rings is 1. The maximum absolute atomic E-state index is 12.9. The fourth-order valence-corrected chi connectivity index (χ4v) is 4.96. The summed E-state index contributed by atoms with van der Waals surface area (Å²) in [5.74, 6) is 0.697. The molecule has 1 fully saturated rings. The zero-order valence-electron chi connectivity index (χ0n) is 15.3. The minimum absolute atomic E-state index is 0.224. The summed E-state index contributed by atoms with van der Waals surface area (Å²) in [6, 6.07) is 7.19. The van der Waals surface area contributed by atoms with E-state index >= 15 is 0 Å². The van der Waals surface area contributed by atoms with Gasteiger partial charge in [0.15, 0.2) is 11.0 Å². The van der Waals surface area contributed by atoms with E-state index in [0.29, 0.717) is 32.1 Å². The first kappa shape index (κ1) is 19.3. The van der Waals surface area contributed by atoms with Gasteiger partial charge in [-0.15, -0.1) is 10.2 Å². The fraction of sp³-hybridized carbons (Fsp3) is 0.529. The Morgan fingerprint density at radius 1 is 1.27 bits per heavy atom. The summed E-state index contributed by atoms with van der Waals surface area (Å²) in [7, 11) is -3.54. The second-order valence-corrected chi connectivity index (χ2v) is 8.89. The molecule has 1 aromatic heterocycles. The first-order chi connectivity index (χ1) is 12.5. The largest absolute Gasteiger partial charge is 0.379 e. The van der Waals surface area contributed by atoms with Crippen molar-refractivity contribution < 1.29 is 13.2 Å². The Morgan fingerprint density at radius 2 is 2.00 bits per heavy atom. The summed E-state index contributed by atoms with van der Waals surface area (Å²) >= 11 is 1.54. The van der Waals surface area contributed by atoms with Gasteiger partial charge >= 0.3 is 0 Å². The smallest absolute Gasteiger partial charge is 0.243 e. The number of hydrogen-bond acceptors (Lipinski definition) is 6. The summed E-state index contributed by atoms with van der Waals surface area (Å²) in [6.45, 7) is 5.84. The highest BCUT2D eigenvalue weighted by Gasteiger charge is 2.27. The number of aromatic nitrogens is 3. The summed E-state index contributed by atoms with van der Waals surface area (Å²) in [5.41, 5.74) is 0.757. The number of nitrogens with zero attached hydrogens (tertiary/aromatic N) is 4. The molecule has 1 aromatic carbocycles. The van der Waals surface area contributed by atoms with Gasteiger partial charge in [-0.2, -0.15) is 4.31 Å². The minimum atomic E-state index is -3.54. The van der Waals surface area contributed by atoms with E-state index in [1.54, 1.807) is 18.2 Å². The predicted molar refractivity (Wildman–Crippen MR) is 102 cm³/mol. The van der Waals surface area contributed by atoms with Crippen LogP contribution in [0.1, 0.15) is 26.3 Å². The average Bonchev–Trinajstić information content (AvgIpc) is 3.12. The van der Waals surface area contributed by atoms with Crippen LogP contribution >= 0.6 is 11.8 Å². The molecule has 0 N–H and O–H groups in total. The minimum Gasteiger partial charge on any atom is -0.379 e. The number of morpholine rings is 1. The van der Waals surface area contributed by atoms with Crippen molar-refractivity contribution in [3.05, 3.63) is 24.3 Å². The first-order valence-corrected chi connectivity index (χ1v) is 11.3. The average molecular weight is 397 g/mol. The van der Waals surface area contributed by atoms with Crippen molar-refractivity contribution in [2.75, 3.05) is 32.6 Å². The molecule has 2 aromatic rings. The molecule has 2 heterocycles. The zero-order valence-corrected chi connectivity index (χ0v) is 16.9. The molecule has 142 valence electrons. The van der Waals surface area contributed by atoms with Crippen molar-refractivity contribution in [3.8, 4) is 11.4 Å². The van der Waals surface area contributed by atoms with Crippen molar-refractivity contribution in [2.45, 2.75) is 36.4 Å². The molecule has 0 unspecified atom stereocenters. The highest BCUT2D eigenvalue weighted by atomic mass is 32.2. The molecular weight excluding hydrogens is 372 g/mol. The van der Waals surface area contributed by atoms with Gasteiger partial charge in [0.25, 0.3) is 0 Å². The maximum Gasteiger partial charge on any atom is 0.243 e. The third kappa shape index (κ3) is 3.66. The third-order valence-electron chi connectivity index (χ3n) is 4.58. The van der Waals surface area contributed by atoms with Gasteiger partial charge in [-0.3, -0.25) is 4.57 Å². The molecule has 1 aliphatic rings. The third-order valence-corrected chi connectivity index (χ3v) is 7.12. The molecule has 0 bridgehead atoms. The Balaban J connectivity index is 2.02. The van der Waals surface area contributed by atoms with Crippen LogP contribution in [0.2, 0.25) is 0 Å². The number of ether oxygens (including phenoxy) is 1. The lowest BCUT2D eigenvalue weighted by molar-refractivity contribution is 0.0730. The van der Waals surface area contributed by atoms with Crippen molar-refractivity contribution in [3.63, 3.8) is 0 Å². The fourth-order valence-electron chi connectivity index (χ4n) is 2.92. The van der Waals surface area contributed by atoms with Crippen molar-refractivity contribution >= 4 is 21.8 Å². The van der Waals surface area contributed by atoms with Gasteiger partial charge in [-0.05, 0) is 31.7 Å². The van der Waals surface area contributed by atoms with E-state index in [4.69, 9.17) is 4.74 Å². The Labute approximate surface area is 158 Å². The second kappa shape index (κ2) is 8.08. The first-order valence-electron chi connectivity index (χ1n) is 8.66. The van der Waals surface area contributed by atoms with Gasteiger partial charge < -0.3 is 4.74 Å². The second-order valence-electron chi connectivity index (χ2n) is 6.18. The van der Waals surface area contributed by atoms with Gasteiger partial charge in [0.2, 0.25) is 10.0 Å². The quantitative estimate of drug-likeness (QED) is 0.699. The van der Waals surface area contributed by atoms with Crippen molar-refractivity contribution in [1.29, 1.82) is 0 Å². The maximum atomic E-state index is 12.9. The van der Waals surface area contributed by atoms with E-state index in [9.17, 15) is 8.42 Å². The van der Waals surface area contributed by atoms with Gasteiger partial charge in [-0.1, -0.05) is 30.8 Å². The Morgan fingerprint density at radius 3 is 2.65 bits per heavy atom. The zero-order chi connectivity index (χ0) is 18.7. The number of rotatable bonds is 6. The SMILES string of the molecule is CC[C@H](C)n1c(SC)nnc1-c1cccc(S(=O)(=O)N2CCOCC2)c1. The lowest BCUT2D eigenvalue weighted by Gasteiger charge is -2.26. The molecule has 0 spiro atoms. The summed E-state index contributed by atoms with van der Waals surface area (Å²) in [5, 5.41) is 9.42. The van der Waals surface area contributed by atoms with Gasteiger partial charge in [-0.25, -0.2) is 8.42 Å². The predicted octanol–water partition coefficient (Wildman–Crippen LogP) is 2.66. The molecule has 0 aliphatic carbocycles. The number of hydrogen-bond donors (Lipinski definition) is 0. The molecule has 1 aliphatic heterocycles. The topological polar surface area (TPSA) is 77.3 Å². The Hall–Kier alpha value is -1.42. The van der Waals surface area contributed by atoms with Crippen LogP contribution in [-0.2, 0) is 14.8 Å². The number of thioether (sulfide) groups is 1. The van der Waals surface area contributed by atoms with E-state index in [-0.39, 0.29) is 10.9 Å². The molecule has 7 nitrogen and oxygen atoms in total. The van der Waals surface area contributed by atoms with Gasteiger partial charge in [0, 0.05) is 24.7 Å². The molecule has 3 rings (SSSR count). The lowest BCUT2D eigenvalue weighted by Crippen LogP contribution is -2.40. The van der Waals surface area contributed by atoms with Crippen LogP contribution < -0.4 is 0 Å². The molecule has 0 saturated carbocycles. The highest BCUT2D eigenvalue weighted by Crippen LogP contribution is 2.29. The summed E-state index contributed by atoms with van der Waals surface area (Å²) in [6.07, 6.45) is 2.90. The van der Waals surface area contributed by atoms with Crippen LogP contribution in [0, 0.1) is 0 Å². The van der Waals surface area contributed by atoms with Crippen LogP contribution in [0.25, 0.3) is 11.4 Å². The highest BCUT2D eigenvalue weighted by molar-refractivity contribution is 7.98. The molecule has 9 heteroatoms.